The van der Waals surface area contributed by atoms with E-state index in [1.165, 1.54) is 12.1 Å². The minimum Gasteiger partial charge on any atom is -0.488 e. The van der Waals surface area contributed by atoms with Crippen molar-refractivity contribution in [2.75, 3.05) is 11.5 Å². The van der Waals surface area contributed by atoms with Crippen LogP contribution in [-0.4, -0.2) is 37.1 Å². The summed E-state index contributed by atoms with van der Waals surface area (Å²) in [6.07, 6.45) is 0.0295. The van der Waals surface area contributed by atoms with Crippen molar-refractivity contribution in [2.24, 2.45) is 0 Å². The van der Waals surface area contributed by atoms with E-state index in [1.807, 2.05) is 0 Å². The van der Waals surface area contributed by atoms with Crippen LogP contribution in [0.1, 0.15) is 16.8 Å². The topological polar surface area (TPSA) is 80.7 Å². The van der Waals surface area contributed by atoms with Crippen LogP contribution in [0.3, 0.4) is 0 Å². The molecule has 0 spiro atoms. The Balaban J connectivity index is 2.19. The van der Waals surface area contributed by atoms with Crippen molar-refractivity contribution in [2.45, 2.75) is 12.5 Å². The number of halogens is 1. The molecule has 1 aromatic rings. The van der Waals surface area contributed by atoms with Crippen LogP contribution in [0.2, 0.25) is 0 Å². The third-order valence-corrected chi connectivity index (χ3v) is 5.05. The molecule has 1 heterocycles. The molecule has 1 saturated heterocycles. The van der Waals surface area contributed by atoms with Crippen molar-refractivity contribution in [1.29, 1.82) is 0 Å². The van der Waals surface area contributed by atoms with Crippen molar-refractivity contribution >= 4 is 31.7 Å². The highest BCUT2D eigenvalue weighted by Crippen LogP contribution is 2.29. The summed E-state index contributed by atoms with van der Waals surface area (Å²) >= 11 is 3.25. The molecule has 1 atom stereocenters. The maximum absolute atomic E-state index is 11.3. The van der Waals surface area contributed by atoms with Gasteiger partial charge < -0.3 is 9.84 Å². The van der Waals surface area contributed by atoms with Gasteiger partial charge in [0.15, 0.2) is 9.84 Å². The largest absolute Gasteiger partial charge is 0.488 e. The molecule has 98 valence electrons. The van der Waals surface area contributed by atoms with Gasteiger partial charge in [-0.1, -0.05) is 0 Å². The third kappa shape index (κ3) is 3.02. The fourth-order valence-corrected chi connectivity index (χ4v) is 3.69. The number of carbonyl (C=O) groups is 1. The first kappa shape index (κ1) is 13.4. The highest BCUT2D eigenvalue weighted by molar-refractivity contribution is 9.10. The number of hydrogen-bond acceptors (Lipinski definition) is 4. The van der Waals surface area contributed by atoms with Crippen molar-refractivity contribution < 1.29 is 23.1 Å². The minimum absolute atomic E-state index is 0.0171. The molecule has 7 heteroatoms. The van der Waals surface area contributed by atoms with E-state index in [1.54, 1.807) is 6.07 Å². The molecule has 1 aliphatic rings. The highest BCUT2D eigenvalue weighted by Gasteiger charge is 2.29. The van der Waals surface area contributed by atoms with E-state index in [0.717, 1.165) is 0 Å². The van der Waals surface area contributed by atoms with Crippen LogP contribution in [0.25, 0.3) is 0 Å². The Kier molecular flexibility index (Phi) is 3.63. The Morgan fingerprint density at radius 1 is 1.44 bits per heavy atom. The first-order chi connectivity index (χ1) is 8.37. The molecule has 0 amide bonds. The van der Waals surface area contributed by atoms with Gasteiger partial charge >= 0.3 is 5.97 Å². The average molecular weight is 335 g/mol. The monoisotopic (exact) mass is 334 g/mol. The molecule has 0 aromatic heterocycles. The SMILES string of the molecule is O=C(O)c1ccc(Br)c(OC2CCS(=O)(=O)C2)c1. The summed E-state index contributed by atoms with van der Waals surface area (Å²) in [4.78, 5) is 10.8. The number of rotatable bonds is 3. The van der Waals surface area contributed by atoms with Gasteiger partial charge in [-0.15, -0.1) is 0 Å². The molecular weight excluding hydrogens is 324 g/mol. The summed E-state index contributed by atoms with van der Waals surface area (Å²) in [7, 11) is -3.01. The lowest BCUT2D eigenvalue weighted by Crippen LogP contribution is -2.18. The number of benzene rings is 1. The Hall–Kier alpha value is -1.08. The van der Waals surface area contributed by atoms with Gasteiger partial charge in [-0.05, 0) is 40.5 Å². The van der Waals surface area contributed by atoms with Crippen LogP contribution < -0.4 is 4.74 Å². The molecule has 1 fully saturated rings. The molecule has 0 radical (unpaired) electrons. The van der Waals surface area contributed by atoms with Gasteiger partial charge in [0.2, 0.25) is 0 Å². The van der Waals surface area contributed by atoms with Crippen molar-refractivity contribution in [3.05, 3.63) is 28.2 Å². The van der Waals surface area contributed by atoms with Crippen molar-refractivity contribution in [3.63, 3.8) is 0 Å². The Morgan fingerprint density at radius 3 is 2.72 bits per heavy atom. The van der Waals surface area contributed by atoms with Gasteiger partial charge in [0.25, 0.3) is 0 Å². The second kappa shape index (κ2) is 4.89. The standard InChI is InChI=1S/C11H11BrO5S/c12-9-2-1-7(11(13)14)5-10(9)17-8-3-4-18(15,16)6-8/h1-2,5,8H,3-4,6H2,(H,13,14). The molecular formula is C11H11BrO5S. The maximum atomic E-state index is 11.3. The Bertz CT molecular complexity index is 581. The summed E-state index contributed by atoms with van der Waals surface area (Å²) in [5, 5.41) is 8.88. The number of carboxylic acid groups (broad SMARTS) is 1. The van der Waals surface area contributed by atoms with Crippen LogP contribution >= 0.6 is 15.9 Å². The maximum Gasteiger partial charge on any atom is 0.335 e. The van der Waals surface area contributed by atoms with Gasteiger partial charge in [0, 0.05) is 0 Å². The number of carboxylic acids is 1. The Labute approximate surface area is 113 Å². The first-order valence-electron chi connectivity index (χ1n) is 5.27. The van der Waals surface area contributed by atoms with Crippen LogP contribution in [0.15, 0.2) is 22.7 Å². The molecule has 5 nitrogen and oxygen atoms in total. The number of ether oxygens (including phenoxy) is 1. The summed E-state index contributed by atoms with van der Waals surface area (Å²) in [5.74, 6) is -0.589. The third-order valence-electron chi connectivity index (χ3n) is 2.66. The fourth-order valence-electron chi connectivity index (χ4n) is 1.76. The van der Waals surface area contributed by atoms with Crippen molar-refractivity contribution in [1.82, 2.24) is 0 Å². The first-order valence-corrected chi connectivity index (χ1v) is 7.89. The van der Waals surface area contributed by atoms with Crippen LogP contribution in [0.5, 0.6) is 5.75 Å². The molecule has 2 rings (SSSR count). The van der Waals surface area contributed by atoms with Gasteiger partial charge in [0.05, 0.1) is 21.5 Å². The van der Waals surface area contributed by atoms with E-state index in [9.17, 15) is 13.2 Å². The van der Waals surface area contributed by atoms with E-state index in [4.69, 9.17) is 9.84 Å². The van der Waals surface area contributed by atoms with Crippen LogP contribution in [0.4, 0.5) is 0 Å². The number of hydrogen-bond donors (Lipinski definition) is 1. The predicted molar refractivity (Wildman–Crippen MR) is 68.8 cm³/mol. The summed E-state index contributed by atoms with van der Waals surface area (Å²) in [6.45, 7) is 0. The molecule has 0 bridgehead atoms. The second-order valence-electron chi connectivity index (χ2n) is 4.09. The zero-order chi connectivity index (χ0) is 13.3. The Morgan fingerprint density at radius 2 is 2.17 bits per heavy atom. The lowest BCUT2D eigenvalue weighted by Gasteiger charge is -2.13. The van der Waals surface area contributed by atoms with E-state index < -0.39 is 21.9 Å². The van der Waals surface area contributed by atoms with Crippen LogP contribution in [0, 0.1) is 0 Å². The normalized spacial score (nSPS) is 21.7. The smallest absolute Gasteiger partial charge is 0.335 e. The number of aromatic carboxylic acids is 1. The summed E-state index contributed by atoms with van der Waals surface area (Å²) < 4.78 is 28.8. The quantitative estimate of drug-likeness (QED) is 0.910. The second-order valence-corrected chi connectivity index (χ2v) is 7.18. The van der Waals surface area contributed by atoms with E-state index in [2.05, 4.69) is 15.9 Å². The van der Waals surface area contributed by atoms with Crippen molar-refractivity contribution in [3.8, 4) is 5.75 Å². The summed E-state index contributed by atoms with van der Waals surface area (Å²) in [6, 6.07) is 4.41. The molecule has 1 unspecified atom stereocenters. The predicted octanol–water partition coefficient (Wildman–Crippen LogP) is 1.71. The zero-order valence-electron chi connectivity index (χ0n) is 9.30. The molecule has 0 aliphatic carbocycles. The molecule has 1 N–H and O–H groups in total. The zero-order valence-corrected chi connectivity index (χ0v) is 11.7. The molecule has 1 aromatic carbocycles. The minimum atomic E-state index is -3.01. The van der Waals surface area contributed by atoms with Gasteiger partial charge in [-0.2, -0.15) is 0 Å². The molecule has 1 aliphatic heterocycles. The lowest BCUT2D eigenvalue weighted by molar-refractivity contribution is 0.0696. The van der Waals surface area contributed by atoms with Gasteiger partial charge in [-0.25, -0.2) is 13.2 Å². The molecule has 0 saturated carbocycles. The lowest BCUT2D eigenvalue weighted by atomic mass is 10.2. The average Bonchev–Trinajstić information content (AvgIpc) is 2.61. The van der Waals surface area contributed by atoms with Gasteiger partial charge in [-0.3, -0.25) is 0 Å². The van der Waals surface area contributed by atoms with Gasteiger partial charge in [0.1, 0.15) is 11.9 Å². The fraction of sp³-hybridized carbons (Fsp3) is 0.364. The van der Waals surface area contributed by atoms with E-state index >= 15 is 0 Å². The van der Waals surface area contributed by atoms with Crippen LogP contribution in [-0.2, 0) is 9.84 Å². The van der Waals surface area contributed by atoms with E-state index in [0.29, 0.717) is 16.6 Å². The summed E-state index contributed by atoms with van der Waals surface area (Å²) in [5.41, 5.74) is 0.106. The highest BCUT2D eigenvalue weighted by atomic mass is 79.9. The van der Waals surface area contributed by atoms with E-state index in [-0.39, 0.29) is 17.1 Å². The molecule has 18 heavy (non-hydrogen) atoms. The number of sulfone groups is 1.